The van der Waals surface area contributed by atoms with Crippen molar-refractivity contribution >= 4 is 29.0 Å². The smallest absolute Gasteiger partial charge is 0.335 e. The number of aliphatic carboxylic acids is 1. The van der Waals surface area contributed by atoms with E-state index in [2.05, 4.69) is 0 Å². The molecule has 1 saturated heterocycles. The number of hydrogen-bond donors (Lipinski definition) is 3. The van der Waals surface area contributed by atoms with Gasteiger partial charge in [0.05, 0.1) is 6.10 Å². The maximum Gasteiger partial charge on any atom is 0.335 e. The number of rotatable bonds is 2. The largest absolute Gasteiger partial charge is 0.479 e. The first-order chi connectivity index (χ1) is 6.49. The predicted octanol–water partition coefficient (Wildman–Crippen LogP) is -0.685. The van der Waals surface area contributed by atoms with Crippen molar-refractivity contribution in [2.45, 2.75) is 37.4 Å². The Morgan fingerprint density at radius 2 is 2.00 bits per heavy atom. The Morgan fingerprint density at radius 1 is 1.43 bits per heavy atom. The lowest BCUT2D eigenvalue weighted by Gasteiger charge is -2.38. The molecule has 0 spiro atoms. The SMILES string of the molecule is CC1OC(C(=O)O)[C@H](O)C(OI)[C@@H]1O. The monoisotopic (exact) mass is 318 g/mol. The maximum atomic E-state index is 10.7. The van der Waals surface area contributed by atoms with Crippen LogP contribution in [0.2, 0.25) is 0 Å². The highest BCUT2D eigenvalue weighted by Gasteiger charge is 2.46. The molecule has 0 amide bonds. The van der Waals surface area contributed by atoms with Gasteiger partial charge in [-0.3, -0.25) is 0 Å². The third kappa shape index (κ3) is 2.16. The van der Waals surface area contributed by atoms with Crippen LogP contribution in [-0.4, -0.2) is 51.8 Å². The van der Waals surface area contributed by atoms with E-state index in [4.69, 9.17) is 12.9 Å². The van der Waals surface area contributed by atoms with Gasteiger partial charge in [-0.2, -0.15) is 0 Å². The van der Waals surface area contributed by atoms with E-state index in [0.717, 1.165) is 0 Å². The number of carbonyl (C=O) groups is 1. The molecule has 1 aliphatic heterocycles. The quantitative estimate of drug-likeness (QED) is 0.584. The minimum atomic E-state index is -1.37. The van der Waals surface area contributed by atoms with Crippen molar-refractivity contribution in [1.82, 2.24) is 0 Å². The van der Waals surface area contributed by atoms with Crippen molar-refractivity contribution in [3.8, 4) is 0 Å². The van der Waals surface area contributed by atoms with Gasteiger partial charge in [0.2, 0.25) is 0 Å². The van der Waals surface area contributed by atoms with Crippen LogP contribution >= 0.6 is 23.0 Å². The zero-order valence-electron chi connectivity index (χ0n) is 7.33. The summed E-state index contributed by atoms with van der Waals surface area (Å²) in [6, 6.07) is 0. The van der Waals surface area contributed by atoms with E-state index in [1.165, 1.54) is 29.9 Å². The summed E-state index contributed by atoms with van der Waals surface area (Å²) in [5, 5.41) is 27.7. The summed E-state index contributed by atoms with van der Waals surface area (Å²) in [5.41, 5.74) is 0. The molecule has 5 atom stereocenters. The number of aliphatic hydroxyl groups is 2. The highest BCUT2D eigenvalue weighted by atomic mass is 127. The second-order valence-corrected chi connectivity index (χ2v) is 3.64. The van der Waals surface area contributed by atoms with E-state index < -0.39 is 36.5 Å². The first kappa shape index (κ1) is 12.1. The van der Waals surface area contributed by atoms with E-state index in [1.807, 2.05) is 0 Å². The molecule has 7 heteroatoms. The van der Waals surface area contributed by atoms with Gasteiger partial charge >= 0.3 is 5.97 Å². The second kappa shape index (κ2) is 4.71. The molecule has 82 valence electrons. The highest BCUT2D eigenvalue weighted by molar-refractivity contribution is 14.1. The molecule has 0 saturated carbocycles. The van der Waals surface area contributed by atoms with Crippen molar-refractivity contribution in [2.75, 3.05) is 0 Å². The number of carboxylic acids is 1. The zero-order chi connectivity index (χ0) is 10.9. The Labute approximate surface area is 94.5 Å². The van der Waals surface area contributed by atoms with Crippen molar-refractivity contribution in [3.63, 3.8) is 0 Å². The van der Waals surface area contributed by atoms with Crippen molar-refractivity contribution in [2.24, 2.45) is 0 Å². The molecule has 0 radical (unpaired) electrons. The van der Waals surface area contributed by atoms with E-state index in [1.54, 1.807) is 0 Å². The number of aliphatic hydroxyl groups excluding tert-OH is 2. The molecule has 0 aromatic rings. The Morgan fingerprint density at radius 3 is 2.43 bits per heavy atom. The summed E-state index contributed by atoms with van der Waals surface area (Å²) in [6.07, 6.45) is -5.37. The van der Waals surface area contributed by atoms with Gasteiger partial charge in [-0.25, -0.2) is 4.79 Å². The Bertz CT molecular complexity index is 222. The standard InChI is InChI=1S/C7H11IO6/c1-2-3(9)5(14-8)4(10)6(13-2)7(11)12/h2-6,9-10H,1H3,(H,11,12)/t2?,3-,4-,5?,6?/m1/s1. The van der Waals surface area contributed by atoms with Crippen LogP contribution < -0.4 is 0 Å². The van der Waals surface area contributed by atoms with Crippen molar-refractivity contribution < 1.29 is 27.9 Å². The summed E-state index contributed by atoms with van der Waals surface area (Å²) in [7, 11) is 0. The zero-order valence-corrected chi connectivity index (χ0v) is 9.49. The molecule has 1 aliphatic rings. The highest BCUT2D eigenvalue weighted by Crippen LogP contribution is 2.24. The van der Waals surface area contributed by atoms with Crippen molar-refractivity contribution in [1.29, 1.82) is 0 Å². The molecule has 6 nitrogen and oxygen atoms in total. The van der Waals surface area contributed by atoms with Crippen LogP contribution in [0.4, 0.5) is 0 Å². The van der Waals surface area contributed by atoms with Gasteiger partial charge < -0.3 is 23.1 Å². The van der Waals surface area contributed by atoms with Crippen LogP contribution in [0, 0.1) is 0 Å². The fourth-order valence-electron chi connectivity index (χ4n) is 1.34. The molecule has 0 aromatic carbocycles. The molecule has 0 bridgehead atoms. The van der Waals surface area contributed by atoms with E-state index in [0.29, 0.717) is 0 Å². The van der Waals surface area contributed by atoms with E-state index >= 15 is 0 Å². The van der Waals surface area contributed by atoms with Gasteiger partial charge in [0.15, 0.2) is 6.10 Å². The Kier molecular flexibility index (Phi) is 4.07. The van der Waals surface area contributed by atoms with Crippen molar-refractivity contribution in [3.05, 3.63) is 0 Å². The van der Waals surface area contributed by atoms with Crippen LogP contribution in [0.25, 0.3) is 0 Å². The molecular formula is C7H11IO6. The minimum absolute atomic E-state index is 0.681. The van der Waals surface area contributed by atoms with Crippen LogP contribution in [-0.2, 0) is 12.6 Å². The fraction of sp³-hybridized carbons (Fsp3) is 0.857. The lowest BCUT2D eigenvalue weighted by atomic mass is 9.96. The number of hydrogen-bond acceptors (Lipinski definition) is 5. The van der Waals surface area contributed by atoms with Gasteiger partial charge in [0.1, 0.15) is 41.3 Å². The normalized spacial score (nSPS) is 43.6. The molecular weight excluding hydrogens is 307 g/mol. The molecule has 1 heterocycles. The predicted molar refractivity (Wildman–Crippen MR) is 52.9 cm³/mol. The maximum absolute atomic E-state index is 10.7. The molecule has 3 N–H and O–H groups in total. The fourth-order valence-corrected chi connectivity index (χ4v) is 1.94. The lowest BCUT2D eigenvalue weighted by molar-refractivity contribution is -0.213. The summed E-state index contributed by atoms with van der Waals surface area (Å²) in [5.74, 6) is -1.27. The van der Waals surface area contributed by atoms with Crippen LogP contribution in [0.3, 0.4) is 0 Å². The third-order valence-electron chi connectivity index (χ3n) is 2.17. The first-order valence-electron chi connectivity index (χ1n) is 4.00. The number of ether oxygens (including phenoxy) is 1. The van der Waals surface area contributed by atoms with Crippen LogP contribution in [0.1, 0.15) is 6.92 Å². The first-order valence-corrected chi connectivity index (χ1v) is 4.89. The summed E-state index contributed by atoms with van der Waals surface area (Å²) >= 11 is 1.51. The van der Waals surface area contributed by atoms with Gasteiger partial charge in [-0.1, -0.05) is 0 Å². The topological polar surface area (TPSA) is 96.2 Å². The molecule has 3 unspecified atom stereocenters. The Hall–Kier alpha value is 0.0400. The number of halogens is 1. The summed E-state index contributed by atoms with van der Waals surface area (Å²) in [6.45, 7) is 1.52. The summed E-state index contributed by atoms with van der Waals surface area (Å²) in [4.78, 5) is 10.7. The van der Waals surface area contributed by atoms with Gasteiger partial charge in [-0.15, -0.1) is 0 Å². The third-order valence-corrected chi connectivity index (χ3v) is 2.76. The van der Waals surface area contributed by atoms with Gasteiger partial charge in [0.25, 0.3) is 0 Å². The second-order valence-electron chi connectivity index (χ2n) is 3.13. The van der Waals surface area contributed by atoms with Gasteiger partial charge in [0, 0.05) is 0 Å². The minimum Gasteiger partial charge on any atom is -0.479 e. The molecule has 14 heavy (non-hydrogen) atoms. The van der Waals surface area contributed by atoms with Crippen LogP contribution in [0.5, 0.6) is 0 Å². The lowest BCUT2D eigenvalue weighted by Crippen LogP contribution is -2.59. The molecule has 1 fully saturated rings. The average Bonchev–Trinajstić information content (AvgIpc) is 2.12. The summed E-state index contributed by atoms with van der Waals surface area (Å²) < 4.78 is 9.71. The van der Waals surface area contributed by atoms with Crippen LogP contribution in [0.15, 0.2) is 0 Å². The molecule has 1 rings (SSSR count). The number of carboxylic acid groups (broad SMARTS) is 1. The Balaban J connectivity index is 2.80. The van der Waals surface area contributed by atoms with E-state index in [9.17, 15) is 15.0 Å². The molecule has 0 aliphatic carbocycles. The van der Waals surface area contributed by atoms with E-state index in [-0.39, 0.29) is 0 Å². The average molecular weight is 318 g/mol. The van der Waals surface area contributed by atoms with Gasteiger partial charge in [-0.05, 0) is 6.92 Å². The molecule has 0 aromatic heterocycles.